The Hall–Kier alpha value is -2.24. The lowest BCUT2D eigenvalue weighted by Crippen LogP contribution is -2.09. The molecular formula is C13H7F4NO. The number of hydrogen-bond donors (Lipinski definition) is 0. The maximum atomic E-state index is 13.6. The molecule has 0 unspecified atom stereocenters. The van der Waals surface area contributed by atoms with Crippen molar-refractivity contribution in [3.05, 3.63) is 53.5 Å². The third-order valence-electron chi connectivity index (χ3n) is 2.47. The quantitative estimate of drug-likeness (QED) is 0.614. The fourth-order valence-corrected chi connectivity index (χ4v) is 1.59. The van der Waals surface area contributed by atoms with E-state index in [1.54, 1.807) is 0 Å². The van der Waals surface area contributed by atoms with Crippen molar-refractivity contribution in [2.75, 3.05) is 0 Å². The van der Waals surface area contributed by atoms with Crippen LogP contribution in [-0.2, 0) is 6.18 Å². The van der Waals surface area contributed by atoms with E-state index in [0.717, 1.165) is 12.1 Å². The molecule has 0 saturated heterocycles. The highest BCUT2D eigenvalue weighted by Crippen LogP contribution is 2.31. The van der Waals surface area contributed by atoms with Crippen LogP contribution in [0.4, 0.5) is 17.6 Å². The first-order valence-electron chi connectivity index (χ1n) is 5.22. The summed E-state index contributed by atoms with van der Waals surface area (Å²) in [4.78, 5) is 14.2. The number of halogens is 4. The van der Waals surface area contributed by atoms with Crippen molar-refractivity contribution in [2.24, 2.45) is 0 Å². The van der Waals surface area contributed by atoms with Gasteiger partial charge in [-0.25, -0.2) is 9.37 Å². The van der Waals surface area contributed by atoms with Crippen molar-refractivity contribution in [3.63, 3.8) is 0 Å². The molecule has 0 bridgehead atoms. The van der Waals surface area contributed by atoms with E-state index in [-0.39, 0.29) is 16.8 Å². The van der Waals surface area contributed by atoms with E-state index in [1.165, 1.54) is 18.2 Å². The minimum absolute atomic E-state index is 0.0990. The Bertz CT molecular complexity index is 622. The maximum absolute atomic E-state index is 13.6. The summed E-state index contributed by atoms with van der Waals surface area (Å²) in [6.45, 7) is 0. The predicted molar refractivity (Wildman–Crippen MR) is 60.0 cm³/mol. The normalized spacial score (nSPS) is 11.4. The number of carbonyl (C=O) groups is 1. The summed E-state index contributed by atoms with van der Waals surface area (Å²) in [5, 5.41) is 0. The van der Waals surface area contributed by atoms with E-state index in [1.807, 2.05) is 0 Å². The number of hydrogen-bond acceptors (Lipinski definition) is 2. The highest BCUT2D eigenvalue weighted by molar-refractivity contribution is 5.85. The van der Waals surface area contributed by atoms with E-state index in [0.29, 0.717) is 12.4 Å². The van der Waals surface area contributed by atoms with Gasteiger partial charge < -0.3 is 0 Å². The van der Waals surface area contributed by atoms with Crippen LogP contribution in [-0.4, -0.2) is 11.3 Å². The lowest BCUT2D eigenvalue weighted by Gasteiger charge is -2.10. The molecule has 0 aliphatic rings. The predicted octanol–water partition coefficient (Wildman–Crippen LogP) is 3.72. The molecule has 2 rings (SSSR count). The van der Waals surface area contributed by atoms with Crippen LogP contribution in [0.3, 0.4) is 0 Å². The first-order chi connectivity index (χ1) is 8.93. The second-order valence-corrected chi connectivity index (χ2v) is 3.73. The summed E-state index contributed by atoms with van der Waals surface area (Å²) in [6, 6.07) is 6.87. The molecule has 0 amide bonds. The van der Waals surface area contributed by atoms with E-state index < -0.39 is 17.7 Å². The SMILES string of the molecule is O=Cc1ccc(C(F)(F)F)nc1-c1ccccc1F. The summed E-state index contributed by atoms with van der Waals surface area (Å²) in [7, 11) is 0. The third-order valence-corrected chi connectivity index (χ3v) is 2.47. The average molecular weight is 269 g/mol. The zero-order valence-corrected chi connectivity index (χ0v) is 9.41. The van der Waals surface area contributed by atoms with Gasteiger partial charge in [-0.15, -0.1) is 0 Å². The number of benzene rings is 1. The van der Waals surface area contributed by atoms with Gasteiger partial charge >= 0.3 is 6.18 Å². The van der Waals surface area contributed by atoms with Crippen molar-refractivity contribution >= 4 is 6.29 Å². The van der Waals surface area contributed by atoms with E-state index >= 15 is 0 Å². The molecule has 2 aromatic rings. The minimum Gasteiger partial charge on any atom is -0.298 e. The maximum Gasteiger partial charge on any atom is 0.433 e. The smallest absolute Gasteiger partial charge is 0.298 e. The van der Waals surface area contributed by atoms with Gasteiger partial charge in [-0.1, -0.05) is 12.1 Å². The summed E-state index contributed by atoms with van der Waals surface area (Å²) in [5.41, 5.74) is -1.73. The number of carbonyl (C=O) groups excluding carboxylic acids is 1. The van der Waals surface area contributed by atoms with Crippen LogP contribution in [0.2, 0.25) is 0 Å². The largest absolute Gasteiger partial charge is 0.433 e. The first-order valence-corrected chi connectivity index (χ1v) is 5.22. The monoisotopic (exact) mass is 269 g/mol. The fraction of sp³-hybridized carbons (Fsp3) is 0.0769. The molecule has 0 atom stereocenters. The molecule has 0 aliphatic heterocycles. The van der Waals surface area contributed by atoms with E-state index in [9.17, 15) is 22.4 Å². The van der Waals surface area contributed by atoms with Gasteiger partial charge in [0.2, 0.25) is 0 Å². The van der Waals surface area contributed by atoms with Gasteiger partial charge in [-0.3, -0.25) is 4.79 Å². The lowest BCUT2D eigenvalue weighted by atomic mass is 10.1. The van der Waals surface area contributed by atoms with Crippen LogP contribution < -0.4 is 0 Å². The number of alkyl halides is 3. The Kier molecular flexibility index (Phi) is 3.33. The van der Waals surface area contributed by atoms with Crippen molar-refractivity contribution in [1.82, 2.24) is 4.98 Å². The molecule has 6 heteroatoms. The van der Waals surface area contributed by atoms with Crippen molar-refractivity contribution in [2.45, 2.75) is 6.18 Å². The van der Waals surface area contributed by atoms with Gasteiger partial charge in [0.15, 0.2) is 6.29 Å². The summed E-state index contributed by atoms with van der Waals surface area (Å²) >= 11 is 0. The summed E-state index contributed by atoms with van der Waals surface area (Å²) in [5.74, 6) is -0.738. The van der Waals surface area contributed by atoms with Crippen molar-refractivity contribution in [3.8, 4) is 11.3 Å². The molecule has 19 heavy (non-hydrogen) atoms. The molecule has 1 aromatic heterocycles. The molecule has 0 fully saturated rings. The Morgan fingerprint density at radius 1 is 1.05 bits per heavy atom. The van der Waals surface area contributed by atoms with Gasteiger partial charge in [0.05, 0.1) is 5.69 Å². The van der Waals surface area contributed by atoms with Gasteiger partial charge in [0.1, 0.15) is 11.5 Å². The van der Waals surface area contributed by atoms with E-state index in [2.05, 4.69) is 4.98 Å². The Labute approximate surface area is 105 Å². The standard InChI is InChI=1S/C13H7F4NO/c14-10-4-2-1-3-9(10)12-8(7-19)5-6-11(18-12)13(15,16)17/h1-7H. The molecule has 2 nitrogen and oxygen atoms in total. The fourth-order valence-electron chi connectivity index (χ4n) is 1.59. The van der Waals surface area contributed by atoms with Gasteiger partial charge in [0, 0.05) is 11.1 Å². The topological polar surface area (TPSA) is 30.0 Å². The number of aromatic nitrogens is 1. The molecule has 98 valence electrons. The number of nitrogens with zero attached hydrogens (tertiary/aromatic N) is 1. The van der Waals surface area contributed by atoms with Crippen LogP contribution in [0, 0.1) is 5.82 Å². The van der Waals surface area contributed by atoms with Crippen molar-refractivity contribution < 1.29 is 22.4 Å². The molecule has 0 saturated carbocycles. The highest BCUT2D eigenvalue weighted by Gasteiger charge is 2.33. The molecule has 0 radical (unpaired) electrons. The molecule has 0 spiro atoms. The summed E-state index contributed by atoms with van der Waals surface area (Å²) < 4.78 is 51.3. The number of rotatable bonds is 2. The second-order valence-electron chi connectivity index (χ2n) is 3.73. The lowest BCUT2D eigenvalue weighted by molar-refractivity contribution is -0.141. The van der Waals surface area contributed by atoms with Crippen LogP contribution >= 0.6 is 0 Å². The zero-order valence-electron chi connectivity index (χ0n) is 9.41. The molecule has 1 heterocycles. The summed E-state index contributed by atoms with van der Waals surface area (Å²) in [6.07, 6.45) is -4.31. The second kappa shape index (κ2) is 4.79. The van der Waals surface area contributed by atoms with E-state index in [4.69, 9.17) is 0 Å². The Morgan fingerprint density at radius 2 is 1.74 bits per heavy atom. The average Bonchev–Trinajstić information content (AvgIpc) is 2.37. The zero-order chi connectivity index (χ0) is 14.0. The number of pyridine rings is 1. The highest BCUT2D eigenvalue weighted by atomic mass is 19.4. The molecule has 1 aromatic carbocycles. The molecule has 0 N–H and O–H groups in total. The van der Waals surface area contributed by atoms with Gasteiger partial charge in [-0.05, 0) is 24.3 Å². The molecule has 0 aliphatic carbocycles. The first kappa shape index (κ1) is 13.2. The minimum atomic E-state index is -4.65. The Morgan fingerprint density at radius 3 is 2.32 bits per heavy atom. The van der Waals surface area contributed by atoms with Crippen molar-refractivity contribution in [1.29, 1.82) is 0 Å². The Balaban J connectivity index is 2.67. The van der Waals surface area contributed by atoms with Gasteiger partial charge in [0.25, 0.3) is 0 Å². The van der Waals surface area contributed by atoms with Gasteiger partial charge in [-0.2, -0.15) is 13.2 Å². The van der Waals surface area contributed by atoms with Crippen LogP contribution in [0.25, 0.3) is 11.3 Å². The number of aldehydes is 1. The third kappa shape index (κ3) is 2.62. The van der Waals surface area contributed by atoms with Crippen LogP contribution in [0.15, 0.2) is 36.4 Å². The van der Waals surface area contributed by atoms with Crippen LogP contribution in [0.5, 0.6) is 0 Å². The van der Waals surface area contributed by atoms with Crippen LogP contribution in [0.1, 0.15) is 16.1 Å². The molecular weight excluding hydrogens is 262 g/mol.